The zero-order valence-corrected chi connectivity index (χ0v) is 23.9. The summed E-state index contributed by atoms with van der Waals surface area (Å²) in [5, 5.41) is 29.1. The lowest BCUT2D eigenvalue weighted by molar-refractivity contribution is 0.404. The molecule has 45 heavy (non-hydrogen) atoms. The highest BCUT2D eigenvalue weighted by atomic mass is 16.5. The van der Waals surface area contributed by atoms with Crippen molar-refractivity contribution >= 4 is 43.1 Å². The van der Waals surface area contributed by atoms with E-state index >= 15 is 0 Å². The number of rotatable bonds is 0. The summed E-state index contributed by atoms with van der Waals surface area (Å²) in [6.07, 6.45) is 0. The molecule has 8 aromatic carbocycles. The molecule has 0 amide bonds. The van der Waals surface area contributed by atoms with Crippen LogP contribution in [0.4, 0.5) is 0 Å². The molecule has 0 bridgehead atoms. The summed E-state index contributed by atoms with van der Waals surface area (Å²) in [7, 11) is 0. The lowest BCUT2D eigenvalue weighted by Gasteiger charge is -2.45. The van der Waals surface area contributed by atoms with Gasteiger partial charge in [-0.1, -0.05) is 109 Å². The molecule has 0 aromatic heterocycles. The number of fused-ring (bicyclic) bond motifs is 16. The van der Waals surface area contributed by atoms with Gasteiger partial charge in [0.05, 0.1) is 5.41 Å². The number of para-hydroxylation sites is 2. The minimum Gasteiger partial charge on any atom is -0.507 e. The van der Waals surface area contributed by atoms with Gasteiger partial charge in [-0.15, -0.1) is 0 Å². The molecule has 2 aliphatic rings. The molecule has 10 rings (SSSR count). The van der Waals surface area contributed by atoms with Gasteiger partial charge in [-0.2, -0.15) is 0 Å². The van der Waals surface area contributed by atoms with Crippen molar-refractivity contribution in [2.75, 3.05) is 0 Å². The van der Waals surface area contributed by atoms with Crippen molar-refractivity contribution < 1.29 is 19.7 Å². The number of ether oxygens (including phenoxy) is 2. The molecule has 2 aliphatic heterocycles. The first kappa shape index (κ1) is 24.4. The second kappa shape index (κ2) is 8.55. The molecule has 4 heteroatoms. The Morgan fingerprint density at radius 2 is 0.822 bits per heavy atom. The van der Waals surface area contributed by atoms with E-state index in [4.69, 9.17) is 9.47 Å². The van der Waals surface area contributed by atoms with Gasteiger partial charge >= 0.3 is 0 Å². The molecule has 0 radical (unpaired) electrons. The molecule has 0 fully saturated rings. The maximum Gasteiger partial charge on any atom is 0.140 e. The van der Waals surface area contributed by atoms with Gasteiger partial charge in [-0.3, -0.25) is 0 Å². The number of hydrogen-bond donors (Lipinski definition) is 2. The van der Waals surface area contributed by atoms with Gasteiger partial charge in [0, 0.05) is 43.8 Å². The first-order chi connectivity index (χ1) is 22.1. The number of hydrogen-bond acceptors (Lipinski definition) is 4. The second-order valence-electron chi connectivity index (χ2n) is 11.9. The third-order valence-electron chi connectivity index (χ3n) is 9.72. The predicted octanol–water partition coefficient (Wildman–Crippen LogP) is 10.3. The van der Waals surface area contributed by atoms with Crippen LogP contribution in [0.5, 0.6) is 34.5 Å². The Bertz CT molecular complexity index is 2400. The molecule has 0 aliphatic carbocycles. The van der Waals surface area contributed by atoms with E-state index in [1.165, 1.54) is 0 Å². The summed E-state index contributed by atoms with van der Waals surface area (Å²) < 4.78 is 13.8. The van der Waals surface area contributed by atoms with Gasteiger partial charge < -0.3 is 19.7 Å². The standard InChI is InChI=1S/C41H24O4/c42-33-21-23-17-19-31-39(37(23)27-11-3-1-9-25(27)33)45-40-32(20-18-24-22-34(43)26-10-2-4-12-28(26)38(24)40)41(31)29-13-5-7-15-35(29)44-36-16-8-6-14-30(36)41/h1-22,42-43H. The zero-order chi connectivity index (χ0) is 29.9. The van der Waals surface area contributed by atoms with Crippen molar-refractivity contribution in [3.63, 3.8) is 0 Å². The van der Waals surface area contributed by atoms with Crippen molar-refractivity contribution in [3.8, 4) is 34.5 Å². The molecule has 0 unspecified atom stereocenters. The average Bonchev–Trinajstić information content (AvgIpc) is 3.08. The van der Waals surface area contributed by atoms with E-state index in [2.05, 4.69) is 48.5 Å². The largest absolute Gasteiger partial charge is 0.507 e. The fourth-order valence-electron chi connectivity index (χ4n) is 7.92. The summed E-state index contributed by atoms with van der Waals surface area (Å²) in [6.45, 7) is 0. The van der Waals surface area contributed by atoms with Gasteiger partial charge in [-0.25, -0.2) is 0 Å². The highest BCUT2D eigenvalue weighted by molar-refractivity contribution is 6.17. The summed E-state index contributed by atoms with van der Waals surface area (Å²) in [6, 6.07) is 44.5. The third kappa shape index (κ3) is 3.01. The Morgan fingerprint density at radius 1 is 0.400 bits per heavy atom. The van der Waals surface area contributed by atoms with Crippen molar-refractivity contribution in [2.24, 2.45) is 0 Å². The maximum absolute atomic E-state index is 11.0. The molecule has 1 spiro atoms. The monoisotopic (exact) mass is 580 g/mol. The Morgan fingerprint density at radius 3 is 1.31 bits per heavy atom. The van der Waals surface area contributed by atoms with E-state index in [1.807, 2.05) is 84.9 Å². The van der Waals surface area contributed by atoms with E-state index < -0.39 is 5.41 Å². The predicted molar refractivity (Wildman–Crippen MR) is 178 cm³/mol. The average molecular weight is 581 g/mol. The van der Waals surface area contributed by atoms with E-state index in [-0.39, 0.29) is 11.5 Å². The van der Waals surface area contributed by atoms with E-state index in [0.29, 0.717) is 0 Å². The summed E-state index contributed by atoms with van der Waals surface area (Å²) in [5.41, 5.74) is 3.28. The zero-order valence-electron chi connectivity index (χ0n) is 23.9. The summed E-state index contributed by atoms with van der Waals surface area (Å²) >= 11 is 0. The number of aromatic hydroxyl groups is 2. The van der Waals surface area contributed by atoms with Crippen LogP contribution >= 0.6 is 0 Å². The molecular weight excluding hydrogens is 556 g/mol. The Kier molecular flexibility index (Phi) is 4.64. The Labute approximate surface area is 257 Å². The number of phenolic OH excluding ortho intramolecular Hbond substituents is 2. The van der Waals surface area contributed by atoms with Crippen LogP contribution in [-0.4, -0.2) is 10.2 Å². The lowest BCUT2D eigenvalue weighted by Crippen LogP contribution is -2.36. The molecular formula is C41H24O4. The molecule has 2 N–H and O–H groups in total. The van der Waals surface area contributed by atoms with Crippen molar-refractivity contribution in [3.05, 3.63) is 156 Å². The topological polar surface area (TPSA) is 58.9 Å². The van der Waals surface area contributed by atoms with E-state index in [0.717, 1.165) is 88.3 Å². The van der Waals surface area contributed by atoms with Gasteiger partial charge in [0.25, 0.3) is 0 Å². The summed E-state index contributed by atoms with van der Waals surface area (Å²) in [5.74, 6) is 3.54. The molecule has 8 aromatic rings. The highest BCUT2D eigenvalue weighted by Crippen LogP contribution is 2.64. The SMILES string of the molecule is Oc1cc2ccc3c(c2c2ccccc12)Oc1c(ccc2cc(O)c4ccccc4c12)C31c2ccccc2Oc2ccccc21. The van der Waals surface area contributed by atoms with Crippen LogP contribution in [0, 0.1) is 0 Å². The quantitative estimate of drug-likeness (QED) is 0.175. The second-order valence-corrected chi connectivity index (χ2v) is 11.9. The first-order valence-corrected chi connectivity index (χ1v) is 15.0. The number of phenols is 2. The fraction of sp³-hybridized carbons (Fsp3) is 0.0244. The van der Waals surface area contributed by atoms with Gasteiger partial charge in [0.1, 0.15) is 34.5 Å². The van der Waals surface area contributed by atoms with Crippen LogP contribution in [0.15, 0.2) is 133 Å². The highest BCUT2D eigenvalue weighted by Gasteiger charge is 2.51. The van der Waals surface area contributed by atoms with Crippen molar-refractivity contribution in [2.45, 2.75) is 5.41 Å². The smallest absolute Gasteiger partial charge is 0.140 e. The van der Waals surface area contributed by atoms with Crippen LogP contribution in [-0.2, 0) is 5.41 Å². The molecule has 0 saturated heterocycles. The normalized spacial score (nSPS) is 14.0. The van der Waals surface area contributed by atoms with Crippen LogP contribution in [0.3, 0.4) is 0 Å². The van der Waals surface area contributed by atoms with Gasteiger partial charge in [0.2, 0.25) is 0 Å². The summed E-state index contributed by atoms with van der Waals surface area (Å²) in [4.78, 5) is 0. The van der Waals surface area contributed by atoms with E-state index in [9.17, 15) is 10.2 Å². The van der Waals surface area contributed by atoms with Crippen molar-refractivity contribution in [1.29, 1.82) is 0 Å². The van der Waals surface area contributed by atoms with E-state index in [1.54, 1.807) is 0 Å². The number of benzene rings is 8. The fourth-order valence-corrected chi connectivity index (χ4v) is 7.92. The van der Waals surface area contributed by atoms with Crippen LogP contribution in [0.1, 0.15) is 22.3 Å². The molecule has 0 saturated carbocycles. The molecule has 212 valence electrons. The van der Waals surface area contributed by atoms with Crippen LogP contribution in [0.25, 0.3) is 43.1 Å². The van der Waals surface area contributed by atoms with Crippen molar-refractivity contribution in [1.82, 2.24) is 0 Å². The van der Waals surface area contributed by atoms with Gasteiger partial charge in [0.15, 0.2) is 0 Å². The lowest BCUT2D eigenvalue weighted by atomic mass is 9.61. The third-order valence-corrected chi connectivity index (χ3v) is 9.72. The first-order valence-electron chi connectivity index (χ1n) is 15.0. The molecule has 0 atom stereocenters. The minimum absolute atomic E-state index is 0.234. The van der Waals surface area contributed by atoms with Crippen LogP contribution < -0.4 is 9.47 Å². The van der Waals surface area contributed by atoms with Gasteiger partial charge in [-0.05, 0) is 45.8 Å². The Hall–Kier alpha value is -6.00. The maximum atomic E-state index is 11.0. The Balaban J connectivity index is 1.48. The molecule has 4 nitrogen and oxygen atoms in total. The minimum atomic E-state index is -0.783. The molecule has 2 heterocycles. The van der Waals surface area contributed by atoms with Crippen LogP contribution in [0.2, 0.25) is 0 Å².